The number of nitrogens with one attached hydrogen (secondary N) is 1. The highest BCUT2D eigenvalue weighted by molar-refractivity contribution is 5.66. The molecule has 0 saturated heterocycles. The van der Waals surface area contributed by atoms with Gasteiger partial charge in [-0.3, -0.25) is 4.98 Å². The SMILES string of the molecule is CCC(C)(C)Cc1cn(C(c2ccccc2)(c2ccccc2)c2ccccc2)c(CC(NC(=O)O)c2ccc(-c3ccc(F)cn3)cc2)n1. The minimum atomic E-state index is -1.12. The molecule has 2 N–H and O–H groups in total. The van der Waals surface area contributed by atoms with Crippen LogP contribution in [0.4, 0.5) is 9.18 Å². The number of aromatic nitrogens is 3. The molecule has 7 heteroatoms. The van der Waals surface area contributed by atoms with E-state index < -0.39 is 23.5 Å². The van der Waals surface area contributed by atoms with Crippen molar-refractivity contribution in [2.75, 3.05) is 0 Å². The summed E-state index contributed by atoms with van der Waals surface area (Å²) >= 11 is 0. The third-order valence-electron chi connectivity index (χ3n) is 9.40. The van der Waals surface area contributed by atoms with E-state index in [1.807, 2.05) is 42.5 Å². The fourth-order valence-corrected chi connectivity index (χ4v) is 6.58. The molecule has 248 valence electrons. The molecular formula is C42H41FN4O2. The normalized spacial score (nSPS) is 12.4. The first-order valence-electron chi connectivity index (χ1n) is 16.6. The Bertz CT molecular complexity index is 1880. The Balaban J connectivity index is 1.55. The largest absolute Gasteiger partial charge is 0.465 e. The topological polar surface area (TPSA) is 80.0 Å². The van der Waals surface area contributed by atoms with Crippen molar-refractivity contribution in [3.8, 4) is 11.3 Å². The molecule has 6 nitrogen and oxygen atoms in total. The van der Waals surface area contributed by atoms with Crippen molar-refractivity contribution in [3.05, 3.63) is 179 Å². The van der Waals surface area contributed by atoms with Gasteiger partial charge in [0.25, 0.3) is 0 Å². The lowest BCUT2D eigenvalue weighted by Crippen LogP contribution is -2.39. The number of hydrogen-bond donors (Lipinski definition) is 2. The highest BCUT2D eigenvalue weighted by Crippen LogP contribution is 2.43. The van der Waals surface area contributed by atoms with Crippen molar-refractivity contribution in [3.63, 3.8) is 0 Å². The van der Waals surface area contributed by atoms with E-state index in [-0.39, 0.29) is 5.41 Å². The lowest BCUT2D eigenvalue weighted by atomic mass is 9.76. The van der Waals surface area contributed by atoms with E-state index in [1.165, 1.54) is 12.3 Å². The summed E-state index contributed by atoms with van der Waals surface area (Å²) in [6, 6.07) is 41.2. The van der Waals surface area contributed by atoms with Crippen molar-refractivity contribution in [2.45, 2.75) is 51.6 Å². The van der Waals surface area contributed by atoms with Crippen LogP contribution in [-0.2, 0) is 18.4 Å². The predicted octanol–water partition coefficient (Wildman–Crippen LogP) is 9.45. The van der Waals surface area contributed by atoms with E-state index in [2.05, 4.69) is 115 Å². The first-order valence-corrected chi connectivity index (χ1v) is 16.6. The molecule has 2 heterocycles. The van der Waals surface area contributed by atoms with E-state index in [0.717, 1.165) is 52.2 Å². The van der Waals surface area contributed by atoms with Gasteiger partial charge in [-0.1, -0.05) is 142 Å². The average Bonchev–Trinajstić information content (AvgIpc) is 3.51. The number of halogens is 1. The molecule has 0 aliphatic carbocycles. The fourth-order valence-electron chi connectivity index (χ4n) is 6.58. The van der Waals surface area contributed by atoms with Crippen molar-refractivity contribution < 1.29 is 14.3 Å². The molecule has 1 unspecified atom stereocenters. The van der Waals surface area contributed by atoms with E-state index in [1.54, 1.807) is 6.07 Å². The molecule has 0 radical (unpaired) electrons. The van der Waals surface area contributed by atoms with Crippen molar-refractivity contribution >= 4 is 6.09 Å². The molecular weight excluding hydrogens is 611 g/mol. The third kappa shape index (κ3) is 7.16. The minimum Gasteiger partial charge on any atom is -0.465 e. The van der Waals surface area contributed by atoms with Crippen LogP contribution >= 0.6 is 0 Å². The van der Waals surface area contributed by atoms with Crippen LogP contribution in [0.25, 0.3) is 11.3 Å². The number of amides is 1. The summed E-state index contributed by atoms with van der Waals surface area (Å²) in [5.41, 5.74) is 5.54. The first-order chi connectivity index (χ1) is 23.7. The van der Waals surface area contributed by atoms with Gasteiger partial charge >= 0.3 is 6.09 Å². The monoisotopic (exact) mass is 652 g/mol. The molecule has 0 aliphatic heterocycles. The third-order valence-corrected chi connectivity index (χ3v) is 9.40. The van der Waals surface area contributed by atoms with Gasteiger partial charge in [0.15, 0.2) is 0 Å². The Morgan fingerprint density at radius 1 is 0.816 bits per heavy atom. The van der Waals surface area contributed by atoms with E-state index in [4.69, 9.17) is 4.98 Å². The minimum absolute atomic E-state index is 0.00822. The van der Waals surface area contributed by atoms with Crippen LogP contribution in [0.15, 0.2) is 140 Å². The molecule has 0 saturated carbocycles. The second-order valence-electron chi connectivity index (χ2n) is 13.2. The first kappa shape index (κ1) is 33.3. The van der Waals surface area contributed by atoms with Crippen molar-refractivity contribution in [1.82, 2.24) is 19.9 Å². The number of benzene rings is 4. The molecule has 0 aliphatic rings. The Morgan fingerprint density at radius 2 is 1.37 bits per heavy atom. The molecule has 49 heavy (non-hydrogen) atoms. The highest BCUT2D eigenvalue weighted by Gasteiger charge is 2.41. The number of hydrogen-bond acceptors (Lipinski definition) is 3. The lowest BCUT2D eigenvalue weighted by Gasteiger charge is -2.39. The summed E-state index contributed by atoms with van der Waals surface area (Å²) in [5.74, 6) is 0.349. The van der Waals surface area contributed by atoms with Crippen LogP contribution < -0.4 is 5.32 Å². The molecule has 0 fully saturated rings. The standard InChI is InChI=1S/C42H41FN4O2/c1-4-41(2,3)27-36-29-47(42(32-14-8-5-9-15-32,33-16-10-6-11-17-33)34-18-12-7-13-19-34)39(45-36)26-38(46-40(48)49)31-22-20-30(21-23-31)37-25-24-35(43)28-44-37/h5-25,28-29,38,46H,4,26-27H2,1-3H3,(H,48,49). The van der Waals surface area contributed by atoms with Crippen molar-refractivity contribution in [2.24, 2.45) is 5.41 Å². The van der Waals surface area contributed by atoms with Gasteiger partial charge in [-0.15, -0.1) is 0 Å². The number of pyridine rings is 1. The smallest absolute Gasteiger partial charge is 0.405 e. The molecule has 1 amide bonds. The lowest BCUT2D eigenvalue weighted by molar-refractivity contribution is 0.189. The zero-order valence-electron chi connectivity index (χ0n) is 28.1. The zero-order valence-corrected chi connectivity index (χ0v) is 28.1. The van der Waals surface area contributed by atoms with Gasteiger partial charge in [0.2, 0.25) is 0 Å². The van der Waals surface area contributed by atoms with Gasteiger partial charge < -0.3 is 15.0 Å². The maximum absolute atomic E-state index is 13.5. The molecule has 1 atom stereocenters. The van der Waals surface area contributed by atoms with Crippen molar-refractivity contribution in [1.29, 1.82) is 0 Å². The maximum Gasteiger partial charge on any atom is 0.405 e. The second-order valence-corrected chi connectivity index (χ2v) is 13.2. The summed E-state index contributed by atoms with van der Waals surface area (Å²) in [6.45, 7) is 6.69. The quantitative estimate of drug-likeness (QED) is 0.129. The van der Waals surface area contributed by atoms with E-state index in [0.29, 0.717) is 12.1 Å². The summed E-state index contributed by atoms with van der Waals surface area (Å²) < 4.78 is 15.8. The van der Waals surface area contributed by atoms with E-state index >= 15 is 0 Å². The number of carbonyl (C=O) groups is 1. The van der Waals surface area contributed by atoms with Crippen LogP contribution in [-0.4, -0.2) is 25.7 Å². The maximum atomic E-state index is 13.5. The van der Waals surface area contributed by atoms with Gasteiger partial charge in [0.1, 0.15) is 17.2 Å². The number of carboxylic acid groups (broad SMARTS) is 1. The Hall–Kier alpha value is -5.56. The van der Waals surface area contributed by atoms with Crippen LogP contribution in [0.1, 0.15) is 67.0 Å². The van der Waals surface area contributed by atoms with Gasteiger partial charge in [-0.2, -0.15) is 0 Å². The Labute approximate surface area is 287 Å². The molecule has 2 aromatic heterocycles. The summed E-state index contributed by atoms with van der Waals surface area (Å²) in [7, 11) is 0. The second kappa shape index (κ2) is 14.3. The number of nitrogens with zero attached hydrogens (tertiary/aromatic N) is 3. The van der Waals surface area contributed by atoms with Gasteiger partial charge in [-0.05, 0) is 46.2 Å². The van der Waals surface area contributed by atoms with E-state index in [9.17, 15) is 14.3 Å². The Kier molecular flexibility index (Phi) is 9.72. The highest BCUT2D eigenvalue weighted by atomic mass is 19.1. The van der Waals surface area contributed by atoms with Crippen LogP contribution in [0.3, 0.4) is 0 Å². The number of rotatable bonds is 12. The molecule has 0 bridgehead atoms. The van der Waals surface area contributed by atoms with Gasteiger partial charge in [-0.25, -0.2) is 14.2 Å². The fraction of sp³-hybridized carbons (Fsp3) is 0.214. The molecule has 6 aromatic rings. The van der Waals surface area contributed by atoms with Gasteiger partial charge in [0, 0.05) is 18.2 Å². The summed E-state index contributed by atoms with van der Waals surface area (Å²) in [5, 5.41) is 12.8. The summed E-state index contributed by atoms with van der Waals surface area (Å²) in [4.78, 5) is 21.8. The predicted molar refractivity (Wildman–Crippen MR) is 192 cm³/mol. The summed E-state index contributed by atoms with van der Waals surface area (Å²) in [6.07, 6.45) is 4.26. The molecule has 4 aromatic carbocycles. The average molecular weight is 653 g/mol. The molecule has 0 spiro atoms. The van der Waals surface area contributed by atoms with Crippen LogP contribution in [0, 0.1) is 11.2 Å². The Morgan fingerprint density at radius 3 is 1.84 bits per heavy atom. The molecule has 6 rings (SSSR count). The number of imidazole rings is 1. The van der Waals surface area contributed by atoms with Crippen LogP contribution in [0.5, 0.6) is 0 Å². The van der Waals surface area contributed by atoms with Gasteiger partial charge in [0.05, 0.1) is 23.6 Å². The van der Waals surface area contributed by atoms with Crippen LogP contribution in [0.2, 0.25) is 0 Å². The zero-order chi connectivity index (χ0) is 34.4.